The zero-order chi connectivity index (χ0) is 12.2. The van der Waals surface area contributed by atoms with Crippen molar-refractivity contribution in [2.24, 2.45) is 0 Å². The Morgan fingerprint density at radius 2 is 2.12 bits per heavy atom. The maximum absolute atomic E-state index is 10.6. The molecular weight excluding hydrogens is 233 g/mol. The zero-order valence-electron chi connectivity index (χ0n) is 8.31. The molecule has 0 aromatic heterocycles. The van der Waals surface area contributed by atoms with Gasteiger partial charge in [-0.2, -0.15) is 14.3 Å². The summed E-state index contributed by atoms with van der Waals surface area (Å²) in [6.45, 7) is 2.95. The predicted molar refractivity (Wildman–Crippen MR) is 59.4 cm³/mol. The van der Waals surface area contributed by atoms with Gasteiger partial charge < -0.3 is 0 Å². The second-order valence-electron chi connectivity index (χ2n) is 2.93. The number of benzene rings is 1. The Bertz CT molecular complexity index is 407. The maximum Gasteiger partial charge on any atom is 0.435 e. The smallest absolute Gasteiger partial charge is 0.258 e. The lowest BCUT2D eigenvalue weighted by atomic mass is 10.2. The van der Waals surface area contributed by atoms with Crippen LogP contribution in [-0.4, -0.2) is 14.7 Å². The summed E-state index contributed by atoms with van der Waals surface area (Å²) in [6.07, 6.45) is 0. The number of hydrogen-bond donors (Lipinski definition) is 2. The number of rotatable bonds is 5. The summed E-state index contributed by atoms with van der Waals surface area (Å²) in [5.41, 5.74) is 0.161. The van der Waals surface area contributed by atoms with E-state index in [2.05, 4.69) is 6.58 Å². The van der Waals surface area contributed by atoms with E-state index in [1.807, 2.05) is 0 Å². The minimum atomic E-state index is -3.60. The van der Waals surface area contributed by atoms with Crippen molar-refractivity contribution in [2.45, 2.75) is 6.61 Å². The summed E-state index contributed by atoms with van der Waals surface area (Å²) < 4.78 is 4.76. The SMILES string of the molecule is C=C[P+](O)(O)OCc1ccccc1[N+](=O)[O-]. The normalized spacial score (nSPS) is 11.1. The molecule has 0 spiro atoms. The quantitative estimate of drug-likeness (QED) is 0.469. The van der Waals surface area contributed by atoms with Crippen molar-refractivity contribution in [3.05, 3.63) is 52.3 Å². The average Bonchev–Trinajstić information content (AvgIpc) is 2.27. The molecule has 1 aromatic carbocycles. The van der Waals surface area contributed by atoms with Gasteiger partial charge in [0.05, 0.1) is 10.5 Å². The van der Waals surface area contributed by atoms with E-state index in [1.165, 1.54) is 18.2 Å². The molecule has 0 heterocycles. The van der Waals surface area contributed by atoms with Gasteiger partial charge >= 0.3 is 7.94 Å². The standard InChI is InChI=1S/C9H11NO5P/c1-2-16(13,14)15-7-8-5-3-4-6-9(8)10(11)12/h2-6,13-14H,1,7H2/q+1. The Kier molecular flexibility index (Phi) is 4.09. The molecule has 0 unspecified atom stereocenters. The number of nitro groups is 1. The second-order valence-corrected chi connectivity index (χ2v) is 4.73. The van der Waals surface area contributed by atoms with Gasteiger partial charge in [0.25, 0.3) is 5.69 Å². The van der Waals surface area contributed by atoms with Gasteiger partial charge in [0.2, 0.25) is 0 Å². The van der Waals surface area contributed by atoms with Crippen LogP contribution in [0.25, 0.3) is 0 Å². The molecule has 0 amide bonds. The Morgan fingerprint density at radius 1 is 1.50 bits per heavy atom. The molecule has 0 saturated heterocycles. The van der Waals surface area contributed by atoms with E-state index in [0.29, 0.717) is 0 Å². The Labute approximate surface area is 92.5 Å². The summed E-state index contributed by atoms with van der Waals surface area (Å²) >= 11 is 0. The van der Waals surface area contributed by atoms with Crippen LogP contribution >= 0.6 is 7.94 Å². The van der Waals surface area contributed by atoms with E-state index in [1.54, 1.807) is 6.07 Å². The lowest BCUT2D eigenvalue weighted by Gasteiger charge is -2.06. The maximum atomic E-state index is 10.6. The van der Waals surface area contributed by atoms with Crippen molar-refractivity contribution in [3.8, 4) is 0 Å². The molecule has 0 bridgehead atoms. The third-order valence-electron chi connectivity index (χ3n) is 1.84. The van der Waals surface area contributed by atoms with Crippen molar-refractivity contribution in [1.82, 2.24) is 0 Å². The lowest BCUT2D eigenvalue weighted by Crippen LogP contribution is -1.99. The van der Waals surface area contributed by atoms with Gasteiger partial charge in [-0.05, 0) is 6.07 Å². The molecule has 7 heteroatoms. The number of para-hydroxylation sites is 1. The third-order valence-corrected chi connectivity index (χ3v) is 2.82. The predicted octanol–water partition coefficient (Wildman–Crippen LogP) is 2.00. The third kappa shape index (κ3) is 3.36. The molecule has 6 nitrogen and oxygen atoms in total. The molecule has 86 valence electrons. The molecule has 0 atom stereocenters. The van der Waals surface area contributed by atoms with Crippen LogP contribution in [0.1, 0.15) is 5.56 Å². The molecule has 0 radical (unpaired) electrons. The molecule has 0 aliphatic carbocycles. The van der Waals surface area contributed by atoms with Crippen LogP contribution in [0.2, 0.25) is 0 Å². The van der Waals surface area contributed by atoms with Crippen LogP contribution in [0.15, 0.2) is 36.7 Å². The summed E-state index contributed by atoms with van der Waals surface area (Å²) in [5, 5.41) is 10.6. The van der Waals surface area contributed by atoms with Crippen molar-refractivity contribution in [1.29, 1.82) is 0 Å². The first-order chi connectivity index (χ1) is 7.46. The monoisotopic (exact) mass is 244 g/mol. The fourth-order valence-electron chi connectivity index (χ4n) is 1.03. The Balaban J connectivity index is 2.82. The first kappa shape index (κ1) is 12.7. The van der Waals surface area contributed by atoms with Gasteiger partial charge in [0.1, 0.15) is 12.4 Å². The molecule has 0 saturated carbocycles. The highest BCUT2D eigenvalue weighted by Crippen LogP contribution is 2.52. The highest BCUT2D eigenvalue weighted by atomic mass is 31.2. The molecule has 16 heavy (non-hydrogen) atoms. The van der Waals surface area contributed by atoms with E-state index in [9.17, 15) is 19.9 Å². The van der Waals surface area contributed by atoms with Gasteiger partial charge in [0, 0.05) is 6.07 Å². The summed E-state index contributed by atoms with van der Waals surface area (Å²) in [6, 6.07) is 5.94. The lowest BCUT2D eigenvalue weighted by molar-refractivity contribution is -0.385. The van der Waals surface area contributed by atoms with Gasteiger partial charge in [0.15, 0.2) is 0 Å². The van der Waals surface area contributed by atoms with Gasteiger partial charge in [-0.25, -0.2) is 0 Å². The van der Waals surface area contributed by atoms with E-state index < -0.39 is 12.9 Å². The number of nitro benzene ring substituents is 1. The first-order valence-electron chi connectivity index (χ1n) is 4.31. The number of hydrogen-bond acceptors (Lipinski definition) is 5. The van der Waals surface area contributed by atoms with Gasteiger partial charge in [-0.1, -0.05) is 18.7 Å². The highest BCUT2D eigenvalue weighted by molar-refractivity contribution is 7.62. The van der Waals surface area contributed by atoms with Crippen molar-refractivity contribution in [3.63, 3.8) is 0 Å². The molecule has 1 rings (SSSR count). The average molecular weight is 244 g/mol. The topological polar surface area (TPSA) is 92.8 Å². The molecule has 0 aliphatic rings. The van der Waals surface area contributed by atoms with Crippen LogP contribution < -0.4 is 0 Å². The Morgan fingerprint density at radius 3 is 2.69 bits per heavy atom. The van der Waals surface area contributed by atoms with E-state index >= 15 is 0 Å². The van der Waals surface area contributed by atoms with Crippen LogP contribution in [0.4, 0.5) is 5.69 Å². The van der Waals surface area contributed by atoms with E-state index in [-0.39, 0.29) is 17.9 Å². The minimum absolute atomic E-state index is 0.119. The fourth-order valence-corrected chi connectivity index (χ4v) is 1.46. The molecular formula is C9H11NO5P+. The number of nitrogens with zero attached hydrogens (tertiary/aromatic N) is 1. The molecule has 0 aliphatic heterocycles. The summed E-state index contributed by atoms with van der Waals surface area (Å²) in [7, 11) is -3.60. The van der Waals surface area contributed by atoms with E-state index in [0.717, 1.165) is 5.82 Å². The van der Waals surface area contributed by atoms with Crippen LogP contribution in [-0.2, 0) is 11.1 Å². The van der Waals surface area contributed by atoms with Crippen LogP contribution in [0, 0.1) is 10.1 Å². The molecule has 2 N–H and O–H groups in total. The van der Waals surface area contributed by atoms with Crippen LogP contribution in [0.3, 0.4) is 0 Å². The van der Waals surface area contributed by atoms with Gasteiger partial charge in [-0.15, -0.1) is 0 Å². The molecule has 1 aromatic rings. The molecule has 0 fully saturated rings. The van der Waals surface area contributed by atoms with Crippen LogP contribution in [0.5, 0.6) is 0 Å². The van der Waals surface area contributed by atoms with E-state index in [4.69, 9.17) is 4.52 Å². The summed E-state index contributed by atoms with van der Waals surface area (Å²) in [5.74, 6) is 0.891. The summed E-state index contributed by atoms with van der Waals surface area (Å²) in [4.78, 5) is 28.4. The largest absolute Gasteiger partial charge is 0.435 e. The van der Waals surface area contributed by atoms with Crippen molar-refractivity contribution < 1.29 is 19.2 Å². The van der Waals surface area contributed by atoms with Crippen molar-refractivity contribution in [2.75, 3.05) is 0 Å². The van der Waals surface area contributed by atoms with Gasteiger partial charge in [-0.3, -0.25) is 10.1 Å². The minimum Gasteiger partial charge on any atom is -0.258 e. The first-order valence-corrected chi connectivity index (χ1v) is 5.99. The highest BCUT2D eigenvalue weighted by Gasteiger charge is 2.32. The fraction of sp³-hybridized carbons (Fsp3) is 0.111. The Hall–Kier alpha value is -1.33. The zero-order valence-corrected chi connectivity index (χ0v) is 9.21. The van der Waals surface area contributed by atoms with Crippen molar-refractivity contribution >= 4 is 13.6 Å². The second kappa shape index (κ2) is 5.14.